The summed E-state index contributed by atoms with van der Waals surface area (Å²) in [6, 6.07) is 16.1. The van der Waals surface area contributed by atoms with Crippen molar-refractivity contribution in [1.82, 2.24) is 15.0 Å². The second-order valence-electron chi connectivity index (χ2n) is 7.06. The van der Waals surface area contributed by atoms with E-state index < -0.39 is 23.8 Å². The van der Waals surface area contributed by atoms with Crippen LogP contribution in [0.25, 0.3) is 11.1 Å². The summed E-state index contributed by atoms with van der Waals surface area (Å²) in [5.74, 6) is -3.80. The number of nitriles is 1. The number of carbonyl (C=O) groups is 1. The number of carboxylic acid groups (broad SMARTS) is 1. The Labute approximate surface area is 206 Å². The first-order valence-corrected chi connectivity index (χ1v) is 10.1. The number of aromatic nitrogens is 3. The number of anilines is 4. The van der Waals surface area contributed by atoms with Gasteiger partial charge in [0.05, 0.1) is 11.6 Å². The second kappa shape index (κ2) is 11.5. The third kappa shape index (κ3) is 7.43. The Bertz CT molecular complexity index is 1400. The minimum absolute atomic E-state index is 0.218. The number of nitrogens with zero attached hydrogens (tertiary/aromatic N) is 4. The van der Waals surface area contributed by atoms with E-state index in [9.17, 15) is 22.0 Å². The average molecular weight is 514 g/mol. The maximum Gasteiger partial charge on any atom is 0.490 e. The molecule has 4 rings (SSSR count). The number of nitrogens with one attached hydrogen (secondary N) is 2. The zero-order valence-corrected chi connectivity index (χ0v) is 18.5. The van der Waals surface area contributed by atoms with Crippen LogP contribution in [0.4, 0.5) is 45.1 Å². The number of pyridine rings is 1. The molecule has 37 heavy (non-hydrogen) atoms. The summed E-state index contributed by atoms with van der Waals surface area (Å²) in [6.45, 7) is 0. The largest absolute Gasteiger partial charge is 0.490 e. The van der Waals surface area contributed by atoms with E-state index in [0.717, 1.165) is 0 Å². The van der Waals surface area contributed by atoms with Gasteiger partial charge in [0.15, 0.2) is 0 Å². The summed E-state index contributed by atoms with van der Waals surface area (Å²) < 4.78 is 60.9. The Hall–Kier alpha value is -5.12. The van der Waals surface area contributed by atoms with Gasteiger partial charge in [-0.3, -0.25) is 4.98 Å². The van der Waals surface area contributed by atoms with Crippen molar-refractivity contribution < 1.29 is 31.9 Å². The molecule has 2 heterocycles. The van der Waals surface area contributed by atoms with Crippen molar-refractivity contribution in [3.05, 3.63) is 90.4 Å². The number of hydrogen-bond acceptors (Lipinski definition) is 7. The lowest BCUT2D eigenvalue weighted by molar-refractivity contribution is -0.192. The molecule has 188 valence electrons. The normalized spacial score (nSPS) is 10.5. The highest BCUT2D eigenvalue weighted by molar-refractivity contribution is 5.73. The molecule has 4 aromatic rings. The monoisotopic (exact) mass is 514 g/mol. The standard InChI is InChI=1S/C22H14F2N6.C2HF3O2/c23-18-11-16(15-5-8-26-9-6-15)12-19(24)21(18)29-20-7-10-27-22(30-20)28-17-3-1-14(13-25)2-4-17;3-2(4,5)1(6)7/h1-12H,(H2,27,28,29,30);(H,6,7). The van der Waals surface area contributed by atoms with Gasteiger partial charge in [-0.05, 0) is 65.7 Å². The number of hydrogen-bond donors (Lipinski definition) is 3. The van der Waals surface area contributed by atoms with E-state index in [2.05, 4.69) is 25.6 Å². The molecule has 0 radical (unpaired) electrons. The summed E-state index contributed by atoms with van der Waals surface area (Å²) in [4.78, 5) is 21.1. The number of halogens is 5. The number of rotatable bonds is 5. The van der Waals surface area contributed by atoms with Crippen LogP contribution in [0.2, 0.25) is 0 Å². The second-order valence-corrected chi connectivity index (χ2v) is 7.06. The van der Waals surface area contributed by atoms with Crippen molar-refractivity contribution in [2.24, 2.45) is 0 Å². The van der Waals surface area contributed by atoms with Crippen LogP contribution in [0.1, 0.15) is 5.56 Å². The number of benzene rings is 2. The van der Waals surface area contributed by atoms with Gasteiger partial charge in [-0.15, -0.1) is 0 Å². The van der Waals surface area contributed by atoms with E-state index in [0.29, 0.717) is 22.4 Å². The van der Waals surface area contributed by atoms with E-state index in [4.69, 9.17) is 15.2 Å². The topological polar surface area (TPSA) is 124 Å². The SMILES string of the molecule is N#Cc1ccc(Nc2nccc(Nc3c(F)cc(-c4ccncc4)cc3F)n2)cc1.O=C(O)C(F)(F)F. The van der Waals surface area contributed by atoms with Crippen LogP contribution < -0.4 is 10.6 Å². The number of carboxylic acids is 1. The molecule has 0 bridgehead atoms. The first-order chi connectivity index (χ1) is 17.6. The third-order valence-electron chi connectivity index (χ3n) is 4.48. The fourth-order valence-corrected chi connectivity index (χ4v) is 2.78. The van der Waals surface area contributed by atoms with Gasteiger partial charge in [-0.2, -0.15) is 23.4 Å². The Morgan fingerprint density at radius 1 is 0.892 bits per heavy atom. The van der Waals surface area contributed by atoms with Gasteiger partial charge in [0.25, 0.3) is 0 Å². The summed E-state index contributed by atoms with van der Waals surface area (Å²) >= 11 is 0. The fourth-order valence-electron chi connectivity index (χ4n) is 2.78. The van der Waals surface area contributed by atoms with Crippen molar-refractivity contribution in [1.29, 1.82) is 5.26 Å². The van der Waals surface area contributed by atoms with Gasteiger partial charge in [0.2, 0.25) is 5.95 Å². The quantitative estimate of drug-likeness (QED) is 0.285. The molecule has 0 unspecified atom stereocenters. The van der Waals surface area contributed by atoms with E-state index in [-0.39, 0.29) is 17.5 Å². The predicted octanol–water partition coefficient (Wildman–Crippen LogP) is 5.81. The molecular weight excluding hydrogens is 499 g/mol. The summed E-state index contributed by atoms with van der Waals surface area (Å²) in [6.07, 6.45) is -0.510. The maximum absolute atomic E-state index is 14.6. The lowest BCUT2D eigenvalue weighted by Gasteiger charge is -2.11. The van der Waals surface area contributed by atoms with Crippen LogP contribution in [-0.4, -0.2) is 32.2 Å². The molecule has 0 amide bonds. The molecule has 0 fully saturated rings. The van der Waals surface area contributed by atoms with E-state index in [1.54, 1.807) is 48.8 Å². The molecule has 0 saturated heterocycles. The van der Waals surface area contributed by atoms with Crippen LogP contribution >= 0.6 is 0 Å². The summed E-state index contributed by atoms with van der Waals surface area (Å²) in [7, 11) is 0. The minimum Gasteiger partial charge on any atom is -0.475 e. The van der Waals surface area contributed by atoms with E-state index in [1.165, 1.54) is 24.4 Å². The molecular formula is C24H15F5N6O2. The number of alkyl halides is 3. The smallest absolute Gasteiger partial charge is 0.475 e. The van der Waals surface area contributed by atoms with Crippen LogP contribution in [0.5, 0.6) is 0 Å². The molecule has 13 heteroatoms. The lowest BCUT2D eigenvalue weighted by Crippen LogP contribution is -2.21. The highest BCUT2D eigenvalue weighted by Crippen LogP contribution is 2.29. The predicted molar refractivity (Wildman–Crippen MR) is 123 cm³/mol. The van der Waals surface area contributed by atoms with Crippen LogP contribution in [-0.2, 0) is 4.79 Å². The van der Waals surface area contributed by atoms with Crippen LogP contribution in [0.15, 0.2) is 73.2 Å². The highest BCUT2D eigenvalue weighted by Gasteiger charge is 2.38. The van der Waals surface area contributed by atoms with Crippen LogP contribution in [0, 0.1) is 23.0 Å². The maximum atomic E-state index is 14.6. The first kappa shape index (κ1) is 26.5. The molecule has 0 aliphatic rings. The van der Waals surface area contributed by atoms with Crippen molar-refractivity contribution in [3.8, 4) is 17.2 Å². The zero-order valence-electron chi connectivity index (χ0n) is 18.5. The molecule has 8 nitrogen and oxygen atoms in total. The van der Waals surface area contributed by atoms with Gasteiger partial charge in [0, 0.05) is 24.3 Å². The molecule has 0 atom stereocenters. The molecule has 0 aliphatic carbocycles. The van der Waals surface area contributed by atoms with Gasteiger partial charge >= 0.3 is 12.1 Å². The van der Waals surface area contributed by atoms with Gasteiger partial charge in [-0.25, -0.2) is 18.6 Å². The molecule has 0 saturated carbocycles. The first-order valence-electron chi connectivity index (χ1n) is 10.1. The van der Waals surface area contributed by atoms with Crippen molar-refractivity contribution in [3.63, 3.8) is 0 Å². The lowest BCUT2D eigenvalue weighted by atomic mass is 10.1. The van der Waals surface area contributed by atoms with E-state index >= 15 is 0 Å². The van der Waals surface area contributed by atoms with E-state index in [1.807, 2.05) is 6.07 Å². The molecule has 0 spiro atoms. The van der Waals surface area contributed by atoms with Crippen LogP contribution in [0.3, 0.4) is 0 Å². The minimum atomic E-state index is -5.08. The average Bonchev–Trinajstić information content (AvgIpc) is 2.87. The Kier molecular flexibility index (Phi) is 8.26. The van der Waals surface area contributed by atoms with Gasteiger partial charge < -0.3 is 15.7 Å². The fraction of sp³-hybridized carbons (Fsp3) is 0.0417. The Morgan fingerprint density at radius 3 is 2.03 bits per heavy atom. The van der Waals surface area contributed by atoms with Crippen molar-refractivity contribution in [2.45, 2.75) is 6.18 Å². The highest BCUT2D eigenvalue weighted by atomic mass is 19.4. The molecule has 0 aliphatic heterocycles. The number of aliphatic carboxylic acids is 1. The molecule has 2 aromatic carbocycles. The molecule has 3 N–H and O–H groups in total. The third-order valence-corrected chi connectivity index (χ3v) is 4.48. The zero-order chi connectivity index (χ0) is 27.0. The van der Waals surface area contributed by atoms with Gasteiger partial charge in [-0.1, -0.05) is 0 Å². The van der Waals surface area contributed by atoms with Crippen molar-refractivity contribution >= 4 is 29.1 Å². The molecule has 2 aromatic heterocycles. The van der Waals surface area contributed by atoms with Crippen molar-refractivity contribution in [2.75, 3.05) is 10.6 Å². The Balaban J connectivity index is 0.000000479. The Morgan fingerprint density at radius 2 is 1.49 bits per heavy atom. The summed E-state index contributed by atoms with van der Waals surface area (Å²) in [5, 5.41) is 21.6. The van der Waals surface area contributed by atoms with Gasteiger partial charge in [0.1, 0.15) is 23.1 Å². The summed E-state index contributed by atoms with van der Waals surface area (Å²) in [5.41, 5.74) is 1.95.